The molecule has 0 aliphatic heterocycles. The summed E-state index contributed by atoms with van der Waals surface area (Å²) < 4.78 is 11.3. The topological polar surface area (TPSA) is 47.6 Å². The standard InChI is InChI=1S/C17H18BrNO3/c1-11-7-8-15(12(2)9-11)22-10-13-5-4-6-14(18)16(13)19-17(20)21-3/h4-9H,10H2,1-3H3,(H,19,20). The number of anilines is 1. The molecule has 5 heteroatoms. The van der Waals surface area contributed by atoms with Gasteiger partial charge >= 0.3 is 6.09 Å². The highest BCUT2D eigenvalue weighted by Gasteiger charge is 2.11. The fourth-order valence-electron chi connectivity index (χ4n) is 2.10. The van der Waals surface area contributed by atoms with Crippen LogP contribution in [0.15, 0.2) is 40.9 Å². The molecule has 0 atom stereocenters. The number of aryl methyl sites for hydroxylation is 2. The van der Waals surface area contributed by atoms with Gasteiger partial charge in [0, 0.05) is 10.0 Å². The van der Waals surface area contributed by atoms with E-state index in [-0.39, 0.29) is 0 Å². The van der Waals surface area contributed by atoms with Crippen LogP contribution in [0.1, 0.15) is 16.7 Å². The molecule has 0 bridgehead atoms. The zero-order valence-corrected chi connectivity index (χ0v) is 14.4. The minimum atomic E-state index is -0.514. The molecular weight excluding hydrogens is 346 g/mol. The SMILES string of the molecule is COC(=O)Nc1c(Br)cccc1COc1ccc(C)cc1C. The smallest absolute Gasteiger partial charge is 0.411 e. The summed E-state index contributed by atoms with van der Waals surface area (Å²) in [6.07, 6.45) is -0.514. The second kappa shape index (κ2) is 7.31. The minimum absolute atomic E-state index is 0.350. The molecule has 0 radical (unpaired) electrons. The van der Waals surface area contributed by atoms with E-state index in [1.54, 1.807) is 0 Å². The number of hydrogen-bond donors (Lipinski definition) is 1. The van der Waals surface area contributed by atoms with E-state index < -0.39 is 6.09 Å². The second-order valence-electron chi connectivity index (χ2n) is 4.95. The van der Waals surface area contributed by atoms with Crippen molar-refractivity contribution in [1.29, 1.82) is 0 Å². The van der Waals surface area contributed by atoms with Crippen molar-refractivity contribution in [3.05, 3.63) is 57.6 Å². The molecule has 0 fully saturated rings. The molecule has 0 heterocycles. The molecule has 1 N–H and O–H groups in total. The first-order chi connectivity index (χ1) is 10.5. The van der Waals surface area contributed by atoms with Crippen LogP contribution in [0, 0.1) is 13.8 Å². The minimum Gasteiger partial charge on any atom is -0.489 e. The molecule has 4 nitrogen and oxygen atoms in total. The summed E-state index contributed by atoms with van der Waals surface area (Å²) in [6, 6.07) is 11.7. The molecule has 1 amide bonds. The Morgan fingerprint density at radius 2 is 2.00 bits per heavy atom. The fraction of sp³-hybridized carbons (Fsp3) is 0.235. The van der Waals surface area contributed by atoms with Gasteiger partial charge in [0.25, 0.3) is 0 Å². The van der Waals surface area contributed by atoms with Crippen molar-refractivity contribution in [2.75, 3.05) is 12.4 Å². The van der Waals surface area contributed by atoms with Crippen molar-refractivity contribution in [2.24, 2.45) is 0 Å². The number of carbonyl (C=O) groups is 1. The molecule has 2 aromatic carbocycles. The fourth-order valence-corrected chi connectivity index (χ4v) is 2.61. The lowest BCUT2D eigenvalue weighted by molar-refractivity contribution is 0.187. The van der Waals surface area contributed by atoms with Crippen molar-refractivity contribution >= 4 is 27.7 Å². The first-order valence-electron chi connectivity index (χ1n) is 6.83. The first kappa shape index (κ1) is 16.4. The normalized spacial score (nSPS) is 10.2. The third-order valence-corrected chi connectivity index (χ3v) is 3.89. The molecule has 0 aliphatic carbocycles. The Hall–Kier alpha value is -2.01. The van der Waals surface area contributed by atoms with Gasteiger partial charge in [-0.2, -0.15) is 0 Å². The summed E-state index contributed by atoms with van der Waals surface area (Å²) in [6.45, 7) is 4.41. The van der Waals surface area contributed by atoms with E-state index in [2.05, 4.69) is 32.0 Å². The van der Waals surface area contributed by atoms with E-state index in [1.807, 2.05) is 44.2 Å². The van der Waals surface area contributed by atoms with Crippen LogP contribution in [0.2, 0.25) is 0 Å². The van der Waals surface area contributed by atoms with Gasteiger partial charge in [0.2, 0.25) is 0 Å². The van der Waals surface area contributed by atoms with Crippen molar-refractivity contribution in [2.45, 2.75) is 20.5 Å². The van der Waals surface area contributed by atoms with Crippen LogP contribution in [0.4, 0.5) is 10.5 Å². The number of amides is 1. The lowest BCUT2D eigenvalue weighted by Crippen LogP contribution is -2.14. The quantitative estimate of drug-likeness (QED) is 0.846. The lowest BCUT2D eigenvalue weighted by Gasteiger charge is -2.14. The number of benzene rings is 2. The number of para-hydroxylation sites is 1. The molecule has 0 spiro atoms. The molecule has 2 aromatic rings. The lowest BCUT2D eigenvalue weighted by atomic mass is 10.1. The van der Waals surface area contributed by atoms with E-state index in [9.17, 15) is 4.79 Å². The van der Waals surface area contributed by atoms with Crippen molar-refractivity contribution in [3.63, 3.8) is 0 Å². The highest BCUT2D eigenvalue weighted by molar-refractivity contribution is 9.10. The molecule has 0 saturated heterocycles. The number of rotatable bonds is 4. The van der Waals surface area contributed by atoms with Gasteiger partial charge in [0.05, 0.1) is 12.8 Å². The summed E-state index contributed by atoms with van der Waals surface area (Å²) in [4.78, 5) is 11.5. The molecule has 0 aromatic heterocycles. The average Bonchev–Trinajstić information content (AvgIpc) is 2.49. The van der Waals surface area contributed by atoms with Gasteiger partial charge < -0.3 is 9.47 Å². The number of methoxy groups -OCH3 is 1. The number of ether oxygens (including phenoxy) is 2. The van der Waals surface area contributed by atoms with Crippen LogP contribution in [0.25, 0.3) is 0 Å². The van der Waals surface area contributed by atoms with Crippen LogP contribution in [-0.4, -0.2) is 13.2 Å². The third kappa shape index (κ3) is 4.01. The maximum Gasteiger partial charge on any atom is 0.411 e. The maximum absolute atomic E-state index is 11.5. The number of carbonyl (C=O) groups excluding carboxylic acids is 1. The molecule has 116 valence electrons. The summed E-state index contributed by atoms with van der Waals surface area (Å²) >= 11 is 3.43. The van der Waals surface area contributed by atoms with Gasteiger partial charge in [0.15, 0.2) is 0 Å². The molecule has 0 aliphatic rings. The first-order valence-corrected chi connectivity index (χ1v) is 7.63. The highest BCUT2D eigenvalue weighted by atomic mass is 79.9. The van der Waals surface area contributed by atoms with Crippen molar-refractivity contribution < 1.29 is 14.3 Å². The summed E-state index contributed by atoms with van der Waals surface area (Å²) in [7, 11) is 1.33. The zero-order valence-electron chi connectivity index (χ0n) is 12.8. The Bertz CT molecular complexity index is 686. The predicted molar refractivity (Wildman–Crippen MR) is 90.4 cm³/mol. The van der Waals surface area contributed by atoms with E-state index in [0.717, 1.165) is 21.3 Å². The summed E-state index contributed by atoms with van der Waals surface area (Å²) in [5.74, 6) is 0.828. The van der Waals surface area contributed by atoms with Crippen LogP contribution >= 0.6 is 15.9 Å². The van der Waals surface area contributed by atoms with E-state index in [0.29, 0.717) is 12.3 Å². The number of nitrogens with one attached hydrogen (secondary N) is 1. The Balaban J connectivity index is 2.18. The molecule has 22 heavy (non-hydrogen) atoms. The Morgan fingerprint density at radius 3 is 2.68 bits per heavy atom. The summed E-state index contributed by atoms with van der Waals surface area (Å²) in [5, 5.41) is 2.70. The average molecular weight is 364 g/mol. The molecule has 0 saturated carbocycles. The monoisotopic (exact) mass is 363 g/mol. The van der Waals surface area contributed by atoms with Crippen LogP contribution < -0.4 is 10.1 Å². The maximum atomic E-state index is 11.5. The van der Waals surface area contributed by atoms with Gasteiger partial charge in [-0.25, -0.2) is 4.79 Å². The van der Waals surface area contributed by atoms with Crippen molar-refractivity contribution in [3.8, 4) is 5.75 Å². The van der Waals surface area contributed by atoms with Gasteiger partial charge in [0.1, 0.15) is 12.4 Å². The van der Waals surface area contributed by atoms with Crippen molar-refractivity contribution in [1.82, 2.24) is 0 Å². The zero-order chi connectivity index (χ0) is 16.1. The largest absolute Gasteiger partial charge is 0.489 e. The van der Waals surface area contributed by atoms with E-state index in [1.165, 1.54) is 12.7 Å². The Kier molecular flexibility index (Phi) is 5.44. The van der Waals surface area contributed by atoms with Crippen LogP contribution in [0.3, 0.4) is 0 Å². The van der Waals surface area contributed by atoms with Gasteiger partial charge in [-0.05, 0) is 47.5 Å². The second-order valence-corrected chi connectivity index (χ2v) is 5.80. The van der Waals surface area contributed by atoms with E-state index >= 15 is 0 Å². The van der Waals surface area contributed by atoms with Crippen LogP contribution in [0.5, 0.6) is 5.75 Å². The molecule has 2 rings (SSSR count). The highest BCUT2D eigenvalue weighted by Crippen LogP contribution is 2.28. The summed E-state index contributed by atoms with van der Waals surface area (Å²) in [5.41, 5.74) is 3.79. The van der Waals surface area contributed by atoms with Gasteiger partial charge in [-0.3, -0.25) is 5.32 Å². The number of hydrogen-bond acceptors (Lipinski definition) is 3. The Labute approximate surface area is 138 Å². The Morgan fingerprint density at radius 1 is 1.23 bits per heavy atom. The predicted octanol–water partition coefficient (Wildman–Crippen LogP) is 4.82. The van der Waals surface area contributed by atoms with E-state index in [4.69, 9.17) is 4.74 Å². The molecular formula is C17H18BrNO3. The van der Waals surface area contributed by atoms with Crippen LogP contribution in [-0.2, 0) is 11.3 Å². The van der Waals surface area contributed by atoms with Gasteiger partial charge in [-0.15, -0.1) is 0 Å². The van der Waals surface area contributed by atoms with Gasteiger partial charge in [-0.1, -0.05) is 29.8 Å². The number of halogens is 1. The molecule has 0 unspecified atom stereocenters. The third-order valence-electron chi connectivity index (χ3n) is 3.23.